The van der Waals surface area contributed by atoms with Crippen molar-refractivity contribution in [1.29, 1.82) is 0 Å². The molecule has 2 aromatic carbocycles. The number of carbonyl (C=O) groups excluding carboxylic acids is 2. The predicted molar refractivity (Wildman–Crippen MR) is 131 cm³/mol. The van der Waals surface area contributed by atoms with E-state index < -0.39 is 6.04 Å². The number of benzene rings is 2. The van der Waals surface area contributed by atoms with E-state index in [1.54, 1.807) is 11.8 Å². The fourth-order valence-electron chi connectivity index (χ4n) is 3.06. The molecule has 0 bridgehead atoms. The monoisotopic (exact) mass is 552 g/mol. The quantitative estimate of drug-likeness (QED) is 0.489. The molecule has 1 N–H and O–H groups in total. The molecule has 0 saturated heterocycles. The number of halogens is 2. The Hall–Kier alpha value is -1.86. The summed E-state index contributed by atoms with van der Waals surface area (Å²) in [6, 6.07) is 10.8. The van der Waals surface area contributed by atoms with Crippen LogP contribution in [-0.2, 0) is 16.1 Å². The normalized spacial score (nSPS) is 12.3. The van der Waals surface area contributed by atoms with Gasteiger partial charge < -0.3 is 15.0 Å². The molecule has 2 rings (SSSR count). The van der Waals surface area contributed by atoms with Crippen molar-refractivity contribution in [3.63, 3.8) is 0 Å². The van der Waals surface area contributed by atoms with Gasteiger partial charge in [0, 0.05) is 21.0 Å². The number of hydrogen-bond donors (Lipinski definition) is 1. The Bertz CT molecular complexity index is 914. The zero-order valence-electron chi connectivity index (χ0n) is 18.9. The highest BCUT2D eigenvalue weighted by Gasteiger charge is 2.28. The molecule has 2 aromatic rings. The van der Waals surface area contributed by atoms with Gasteiger partial charge in [0.25, 0.3) is 5.91 Å². The zero-order valence-corrected chi connectivity index (χ0v) is 22.1. The second-order valence-corrected chi connectivity index (χ2v) is 10.4. The molecule has 0 unspecified atom stereocenters. The molecule has 0 aliphatic rings. The third kappa shape index (κ3) is 7.65. The van der Waals surface area contributed by atoms with Crippen molar-refractivity contribution in [3.05, 3.63) is 62.0 Å². The molecule has 168 valence electrons. The molecule has 1 atom stereocenters. The molecule has 0 aliphatic heterocycles. The first kappa shape index (κ1) is 25.4. The number of carbonyl (C=O) groups is 2. The van der Waals surface area contributed by atoms with Gasteiger partial charge in [-0.3, -0.25) is 9.59 Å². The maximum atomic E-state index is 13.1. The van der Waals surface area contributed by atoms with Crippen molar-refractivity contribution in [3.8, 4) is 5.75 Å². The Balaban J connectivity index is 2.20. The first-order valence-electron chi connectivity index (χ1n) is 10.1. The van der Waals surface area contributed by atoms with Crippen LogP contribution in [0.4, 0.5) is 0 Å². The van der Waals surface area contributed by atoms with Crippen LogP contribution in [0.1, 0.15) is 44.4 Å². The van der Waals surface area contributed by atoms with Crippen molar-refractivity contribution in [2.24, 2.45) is 0 Å². The number of hydrogen-bond acceptors (Lipinski definition) is 3. The minimum absolute atomic E-state index is 0.149. The number of aryl methyl sites for hydroxylation is 2. The van der Waals surface area contributed by atoms with E-state index in [1.807, 2.05) is 71.0 Å². The van der Waals surface area contributed by atoms with E-state index in [4.69, 9.17) is 4.74 Å². The van der Waals surface area contributed by atoms with Crippen LogP contribution in [0.2, 0.25) is 0 Å². The second-order valence-electron chi connectivity index (χ2n) is 8.72. The van der Waals surface area contributed by atoms with E-state index in [1.165, 1.54) is 0 Å². The highest BCUT2D eigenvalue weighted by Crippen LogP contribution is 2.26. The Morgan fingerprint density at radius 2 is 1.61 bits per heavy atom. The van der Waals surface area contributed by atoms with E-state index in [9.17, 15) is 9.59 Å². The van der Waals surface area contributed by atoms with Crippen molar-refractivity contribution in [1.82, 2.24) is 10.2 Å². The lowest BCUT2D eigenvalue weighted by molar-refractivity contribution is -0.142. The third-order valence-corrected chi connectivity index (χ3v) is 6.48. The summed E-state index contributed by atoms with van der Waals surface area (Å²) in [5.41, 5.74) is 2.61. The predicted octanol–water partition coefficient (Wildman–Crippen LogP) is 5.54. The van der Waals surface area contributed by atoms with Crippen molar-refractivity contribution in [2.75, 3.05) is 6.61 Å². The molecule has 0 aliphatic carbocycles. The molecular weight excluding hydrogens is 524 g/mol. The number of ether oxygens (including phenoxy) is 1. The summed E-state index contributed by atoms with van der Waals surface area (Å²) >= 11 is 6.96. The lowest BCUT2D eigenvalue weighted by atomic mass is 10.1. The van der Waals surface area contributed by atoms with E-state index >= 15 is 0 Å². The summed E-state index contributed by atoms with van der Waals surface area (Å²) in [4.78, 5) is 27.5. The van der Waals surface area contributed by atoms with Crippen LogP contribution in [0.15, 0.2) is 45.3 Å². The second kappa shape index (κ2) is 10.6. The number of amides is 2. The molecule has 31 heavy (non-hydrogen) atoms. The Labute approximate surface area is 201 Å². The Morgan fingerprint density at radius 3 is 2.13 bits per heavy atom. The molecule has 0 heterocycles. The summed E-state index contributed by atoms with van der Waals surface area (Å²) in [5.74, 6) is 0.174. The van der Waals surface area contributed by atoms with Gasteiger partial charge in [0.15, 0.2) is 6.61 Å². The molecule has 2 amide bonds. The van der Waals surface area contributed by atoms with Gasteiger partial charge in [-0.25, -0.2) is 0 Å². The number of nitrogens with one attached hydrogen (secondary N) is 1. The maximum absolute atomic E-state index is 13.1. The fraction of sp³-hybridized carbons (Fsp3) is 0.417. The van der Waals surface area contributed by atoms with Crippen LogP contribution in [0.5, 0.6) is 5.75 Å². The minimum atomic E-state index is -0.646. The smallest absolute Gasteiger partial charge is 0.261 e. The molecule has 0 saturated carbocycles. The highest BCUT2D eigenvalue weighted by atomic mass is 79.9. The lowest BCUT2D eigenvalue weighted by Gasteiger charge is -2.31. The summed E-state index contributed by atoms with van der Waals surface area (Å²) in [5, 5.41) is 2.96. The Kier molecular flexibility index (Phi) is 8.72. The lowest BCUT2D eigenvalue weighted by Crippen LogP contribution is -2.53. The molecule has 0 aromatic heterocycles. The van der Waals surface area contributed by atoms with Gasteiger partial charge in [0.1, 0.15) is 11.8 Å². The van der Waals surface area contributed by atoms with E-state index in [-0.39, 0.29) is 24.0 Å². The summed E-state index contributed by atoms with van der Waals surface area (Å²) in [7, 11) is 0. The third-order valence-electron chi connectivity index (χ3n) is 4.70. The molecule has 0 spiro atoms. The van der Waals surface area contributed by atoms with Crippen LogP contribution in [0.25, 0.3) is 0 Å². The van der Waals surface area contributed by atoms with Crippen molar-refractivity contribution < 1.29 is 14.3 Å². The van der Waals surface area contributed by atoms with Gasteiger partial charge in [-0.1, -0.05) is 44.0 Å². The van der Waals surface area contributed by atoms with Crippen LogP contribution in [0.3, 0.4) is 0 Å². The van der Waals surface area contributed by atoms with Crippen molar-refractivity contribution >= 4 is 43.7 Å². The van der Waals surface area contributed by atoms with E-state index in [2.05, 4.69) is 37.2 Å². The minimum Gasteiger partial charge on any atom is -0.484 e. The van der Waals surface area contributed by atoms with Crippen LogP contribution < -0.4 is 10.1 Å². The van der Waals surface area contributed by atoms with Gasteiger partial charge in [0.05, 0.1) is 0 Å². The molecule has 7 heteroatoms. The van der Waals surface area contributed by atoms with Crippen molar-refractivity contribution in [2.45, 2.75) is 59.7 Å². The first-order chi connectivity index (χ1) is 14.4. The van der Waals surface area contributed by atoms with Gasteiger partial charge in [-0.2, -0.15) is 0 Å². The average Bonchev–Trinajstić information content (AvgIpc) is 2.67. The van der Waals surface area contributed by atoms with Crippen LogP contribution in [-0.4, -0.2) is 34.9 Å². The van der Waals surface area contributed by atoms with Gasteiger partial charge >= 0.3 is 0 Å². The summed E-state index contributed by atoms with van der Waals surface area (Å²) in [6.07, 6.45) is 0. The molecule has 5 nitrogen and oxygen atoms in total. The SMILES string of the molecule is Cc1cc(OCC(=O)N(Cc2ccc(Br)cc2)[C@H](C)C(=O)NC(C)(C)C)cc(C)c1Br. The number of nitrogens with zero attached hydrogens (tertiary/aromatic N) is 1. The maximum Gasteiger partial charge on any atom is 0.261 e. The molecule has 0 radical (unpaired) electrons. The number of rotatable bonds is 7. The zero-order chi connectivity index (χ0) is 23.3. The first-order valence-corrected chi connectivity index (χ1v) is 11.7. The average molecular weight is 554 g/mol. The van der Waals surface area contributed by atoms with E-state index in [0.717, 1.165) is 25.6 Å². The van der Waals surface area contributed by atoms with Gasteiger partial charge in [-0.15, -0.1) is 0 Å². The summed E-state index contributed by atoms with van der Waals surface area (Å²) < 4.78 is 7.78. The fourth-order valence-corrected chi connectivity index (χ4v) is 3.55. The topological polar surface area (TPSA) is 58.6 Å². The van der Waals surface area contributed by atoms with Gasteiger partial charge in [0.2, 0.25) is 5.91 Å². The Morgan fingerprint density at radius 1 is 1.06 bits per heavy atom. The van der Waals surface area contributed by atoms with E-state index in [0.29, 0.717) is 12.3 Å². The molecular formula is C24H30Br2N2O3. The largest absolute Gasteiger partial charge is 0.484 e. The standard InChI is InChI=1S/C24H30Br2N2O3/c1-15-11-20(12-16(2)22(15)26)31-14-21(29)28(13-18-7-9-19(25)10-8-18)17(3)23(30)27-24(4,5)6/h7-12,17H,13-14H2,1-6H3,(H,27,30)/t17-/m1/s1. The van der Waals surface area contributed by atoms with Crippen LogP contribution in [0, 0.1) is 13.8 Å². The highest BCUT2D eigenvalue weighted by molar-refractivity contribution is 9.10. The molecule has 0 fully saturated rings. The summed E-state index contributed by atoms with van der Waals surface area (Å²) in [6.45, 7) is 11.6. The van der Waals surface area contributed by atoms with Crippen LogP contribution >= 0.6 is 31.9 Å². The van der Waals surface area contributed by atoms with Gasteiger partial charge in [-0.05, 0) is 82.5 Å².